The molecule has 7 nitrogen and oxygen atoms in total. The van der Waals surface area contributed by atoms with Crippen molar-refractivity contribution >= 4 is 17.8 Å². The van der Waals surface area contributed by atoms with Gasteiger partial charge in [-0.05, 0) is 47.4 Å². The Labute approximate surface area is 228 Å². The van der Waals surface area contributed by atoms with Gasteiger partial charge in [-0.15, -0.1) is 0 Å². The fourth-order valence-corrected chi connectivity index (χ4v) is 4.48. The number of rotatable bonds is 11. The maximum Gasteiger partial charge on any atom is 0.305 e. The Bertz CT molecular complexity index is 1420. The Kier molecular flexibility index (Phi) is 9.19. The van der Waals surface area contributed by atoms with Crippen LogP contribution in [0.15, 0.2) is 103 Å². The van der Waals surface area contributed by atoms with E-state index < -0.39 is 5.97 Å². The van der Waals surface area contributed by atoms with E-state index >= 15 is 0 Å². The number of aliphatic carboxylic acids is 1. The minimum absolute atomic E-state index is 0.0403. The van der Waals surface area contributed by atoms with Crippen molar-refractivity contribution in [2.75, 3.05) is 13.1 Å². The van der Waals surface area contributed by atoms with Crippen LogP contribution in [0.3, 0.4) is 0 Å². The van der Waals surface area contributed by atoms with E-state index in [-0.39, 0.29) is 31.3 Å². The SMILES string of the molecule is CCN(Cc1ccccc1)C(=O)c1ccccc1-c1ccccc1C(=O)N(CCC(=O)O)Cc1cccnc1. The molecule has 1 aromatic heterocycles. The van der Waals surface area contributed by atoms with E-state index in [9.17, 15) is 19.5 Å². The van der Waals surface area contributed by atoms with Crippen molar-refractivity contribution in [1.29, 1.82) is 0 Å². The van der Waals surface area contributed by atoms with Crippen LogP contribution >= 0.6 is 0 Å². The summed E-state index contributed by atoms with van der Waals surface area (Å²) in [6.45, 7) is 3.20. The first kappa shape index (κ1) is 27.3. The van der Waals surface area contributed by atoms with Gasteiger partial charge >= 0.3 is 5.97 Å². The summed E-state index contributed by atoms with van der Waals surface area (Å²) >= 11 is 0. The highest BCUT2D eigenvalue weighted by molar-refractivity contribution is 6.06. The fourth-order valence-electron chi connectivity index (χ4n) is 4.48. The zero-order valence-corrected chi connectivity index (χ0v) is 21.9. The van der Waals surface area contributed by atoms with Gasteiger partial charge < -0.3 is 14.9 Å². The highest BCUT2D eigenvalue weighted by Gasteiger charge is 2.24. The van der Waals surface area contributed by atoms with Crippen LogP contribution in [0.25, 0.3) is 11.1 Å². The second kappa shape index (κ2) is 13.1. The first-order chi connectivity index (χ1) is 19.0. The molecule has 1 N–H and O–H groups in total. The number of amides is 2. The Morgan fingerprint density at radius 3 is 1.79 bits per heavy atom. The quantitative estimate of drug-likeness (QED) is 0.280. The van der Waals surface area contributed by atoms with Gasteiger partial charge in [0, 0.05) is 49.7 Å². The van der Waals surface area contributed by atoms with Crippen molar-refractivity contribution in [1.82, 2.24) is 14.8 Å². The Balaban J connectivity index is 1.69. The minimum Gasteiger partial charge on any atom is -0.481 e. The van der Waals surface area contributed by atoms with Crippen LogP contribution in [0.2, 0.25) is 0 Å². The standard InChI is InChI=1S/C32H31N3O4/c1-2-34(22-24-11-4-3-5-12-24)31(38)28-16-8-6-14-26(28)27-15-7-9-17-29(27)32(39)35(20-18-30(36)37)23-25-13-10-19-33-21-25/h3-17,19,21H,2,18,20,22-23H2,1H3,(H,36,37). The molecule has 0 saturated carbocycles. The predicted octanol–water partition coefficient (Wildman–Crippen LogP) is 5.53. The number of nitrogens with zero attached hydrogens (tertiary/aromatic N) is 3. The molecule has 4 aromatic rings. The van der Waals surface area contributed by atoms with Gasteiger partial charge in [0.1, 0.15) is 0 Å². The Morgan fingerprint density at radius 2 is 1.23 bits per heavy atom. The van der Waals surface area contributed by atoms with Crippen LogP contribution in [-0.2, 0) is 17.9 Å². The first-order valence-corrected chi connectivity index (χ1v) is 12.9. The van der Waals surface area contributed by atoms with Gasteiger partial charge in [-0.1, -0.05) is 72.8 Å². The summed E-state index contributed by atoms with van der Waals surface area (Å²) in [6.07, 6.45) is 3.12. The van der Waals surface area contributed by atoms with Gasteiger partial charge in [0.2, 0.25) is 0 Å². The molecule has 0 radical (unpaired) electrons. The summed E-state index contributed by atoms with van der Waals surface area (Å²) in [5, 5.41) is 9.30. The van der Waals surface area contributed by atoms with Gasteiger partial charge in [-0.25, -0.2) is 0 Å². The number of carboxylic acids is 1. The molecule has 0 aliphatic carbocycles. The van der Waals surface area contributed by atoms with E-state index in [2.05, 4.69) is 4.98 Å². The first-order valence-electron chi connectivity index (χ1n) is 12.9. The van der Waals surface area contributed by atoms with Crippen LogP contribution in [0.1, 0.15) is 45.2 Å². The summed E-state index contributed by atoms with van der Waals surface area (Å²) in [5.41, 5.74) is 4.00. The smallest absolute Gasteiger partial charge is 0.305 e. The molecule has 0 saturated heterocycles. The van der Waals surface area contributed by atoms with Crippen molar-refractivity contribution in [2.24, 2.45) is 0 Å². The summed E-state index contributed by atoms with van der Waals surface area (Å²) in [4.78, 5) is 46.4. The predicted molar refractivity (Wildman–Crippen MR) is 150 cm³/mol. The molecule has 3 aromatic carbocycles. The number of pyridine rings is 1. The van der Waals surface area contributed by atoms with Gasteiger partial charge in [0.15, 0.2) is 0 Å². The summed E-state index contributed by atoms with van der Waals surface area (Å²) in [7, 11) is 0. The van der Waals surface area contributed by atoms with Crippen LogP contribution in [0, 0.1) is 0 Å². The average Bonchev–Trinajstić information content (AvgIpc) is 2.98. The maximum absolute atomic E-state index is 13.9. The molecule has 4 rings (SSSR count). The molecule has 39 heavy (non-hydrogen) atoms. The third kappa shape index (κ3) is 6.96. The molecular formula is C32H31N3O4. The van der Waals surface area contributed by atoms with Crippen molar-refractivity contribution in [2.45, 2.75) is 26.4 Å². The van der Waals surface area contributed by atoms with Gasteiger partial charge in [-0.3, -0.25) is 19.4 Å². The van der Waals surface area contributed by atoms with E-state index in [1.807, 2.05) is 73.7 Å². The second-order valence-electron chi connectivity index (χ2n) is 9.13. The molecule has 0 fully saturated rings. The summed E-state index contributed by atoms with van der Waals surface area (Å²) < 4.78 is 0. The molecule has 0 atom stereocenters. The Morgan fingerprint density at radius 1 is 0.692 bits per heavy atom. The normalized spacial score (nSPS) is 10.6. The zero-order valence-electron chi connectivity index (χ0n) is 21.9. The van der Waals surface area contributed by atoms with Crippen LogP contribution in [0.4, 0.5) is 0 Å². The van der Waals surface area contributed by atoms with Crippen molar-refractivity contribution in [3.63, 3.8) is 0 Å². The third-order valence-electron chi connectivity index (χ3n) is 6.47. The molecule has 1 heterocycles. The molecular weight excluding hydrogens is 490 g/mol. The molecule has 7 heteroatoms. The van der Waals surface area contributed by atoms with E-state index in [1.165, 1.54) is 4.90 Å². The number of carboxylic acid groups (broad SMARTS) is 1. The fraction of sp³-hybridized carbons (Fsp3) is 0.188. The maximum atomic E-state index is 13.9. The molecule has 2 amide bonds. The molecule has 0 aliphatic rings. The van der Waals surface area contributed by atoms with Crippen LogP contribution in [0.5, 0.6) is 0 Å². The number of carbonyl (C=O) groups is 3. The summed E-state index contributed by atoms with van der Waals surface area (Å²) in [6, 6.07) is 27.9. The number of benzene rings is 3. The minimum atomic E-state index is -0.985. The lowest BCUT2D eigenvalue weighted by molar-refractivity contribution is -0.137. The van der Waals surface area contributed by atoms with Crippen LogP contribution < -0.4 is 0 Å². The molecule has 0 spiro atoms. The Hall–Kier alpha value is -4.78. The largest absolute Gasteiger partial charge is 0.481 e. The molecule has 198 valence electrons. The van der Waals surface area contributed by atoms with Gasteiger partial charge in [0.25, 0.3) is 11.8 Å². The van der Waals surface area contributed by atoms with Crippen molar-refractivity contribution < 1.29 is 19.5 Å². The van der Waals surface area contributed by atoms with Gasteiger partial charge in [0.05, 0.1) is 6.42 Å². The number of hydrogen-bond donors (Lipinski definition) is 1. The number of hydrogen-bond acceptors (Lipinski definition) is 4. The monoisotopic (exact) mass is 521 g/mol. The zero-order chi connectivity index (χ0) is 27.6. The van der Waals surface area contributed by atoms with E-state index in [0.29, 0.717) is 35.3 Å². The number of carbonyl (C=O) groups excluding carboxylic acids is 2. The van der Waals surface area contributed by atoms with E-state index in [4.69, 9.17) is 0 Å². The van der Waals surface area contributed by atoms with Crippen LogP contribution in [-0.4, -0.2) is 50.8 Å². The van der Waals surface area contributed by atoms with E-state index in [0.717, 1.165) is 11.1 Å². The lowest BCUT2D eigenvalue weighted by Gasteiger charge is -2.25. The van der Waals surface area contributed by atoms with Crippen molar-refractivity contribution in [3.05, 3.63) is 126 Å². The third-order valence-corrected chi connectivity index (χ3v) is 6.47. The highest BCUT2D eigenvalue weighted by atomic mass is 16.4. The summed E-state index contributed by atoms with van der Waals surface area (Å²) in [5.74, 6) is -1.42. The second-order valence-corrected chi connectivity index (χ2v) is 9.13. The molecule has 0 bridgehead atoms. The van der Waals surface area contributed by atoms with Gasteiger partial charge in [-0.2, -0.15) is 0 Å². The molecule has 0 unspecified atom stereocenters. The topological polar surface area (TPSA) is 90.8 Å². The lowest BCUT2D eigenvalue weighted by Crippen LogP contribution is -2.33. The number of aromatic nitrogens is 1. The van der Waals surface area contributed by atoms with Crippen molar-refractivity contribution in [3.8, 4) is 11.1 Å². The molecule has 0 aliphatic heterocycles. The average molecular weight is 522 g/mol. The lowest BCUT2D eigenvalue weighted by atomic mass is 9.93. The highest BCUT2D eigenvalue weighted by Crippen LogP contribution is 2.30. The van der Waals surface area contributed by atoms with E-state index in [1.54, 1.807) is 41.6 Å².